The third-order valence-corrected chi connectivity index (χ3v) is 2.79. The molecule has 1 atom stereocenters. The number of hydrogen-bond acceptors (Lipinski definition) is 5. The van der Waals surface area contributed by atoms with Crippen LogP contribution in [0.3, 0.4) is 0 Å². The van der Waals surface area contributed by atoms with E-state index < -0.39 is 0 Å². The Hall–Kier alpha value is -1.75. The summed E-state index contributed by atoms with van der Waals surface area (Å²) in [6.45, 7) is 1.97. The lowest BCUT2D eigenvalue weighted by atomic mass is 10.1. The molecule has 1 aliphatic rings. The van der Waals surface area contributed by atoms with Crippen molar-refractivity contribution in [2.75, 3.05) is 13.1 Å². The molecule has 0 spiro atoms. The minimum absolute atomic E-state index is 0.388. The van der Waals surface area contributed by atoms with Crippen LogP contribution in [0.5, 0.6) is 0 Å². The van der Waals surface area contributed by atoms with Crippen LogP contribution >= 0.6 is 0 Å². The summed E-state index contributed by atoms with van der Waals surface area (Å²) in [4.78, 5) is 8.37. The lowest BCUT2D eigenvalue weighted by Gasteiger charge is -1.98. The molecule has 5 heteroatoms. The zero-order valence-corrected chi connectivity index (χ0v) is 8.76. The maximum absolute atomic E-state index is 5.25. The van der Waals surface area contributed by atoms with Gasteiger partial charge in [0.05, 0.1) is 0 Å². The molecule has 3 heterocycles. The Kier molecular flexibility index (Phi) is 2.38. The molecule has 2 aromatic heterocycles. The first kappa shape index (κ1) is 9.47. The van der Waals surface area contributed by atoms with Gasteiger partial charge in [0.15, 0.2) is 5.82 Å². The quantitative estimate of drug-likeness (QED) is 0.817. The molecule has 16 heavy (non-hydrogen) atoms. The van der Waals surface area contributed by atoms with Crippen LogP contribution in [-0.4, -0.2) is 28.2 Å². The van der Waals surface area contributed by atoms with Gasteiger partial charge in [-0.2, -0.15) is 4.98 Å². The Morgan fingerprint density at radius 3 is 2.94 bits per heavy atom. The van der Waals surface area contributed by atoms with E-state index in [9.17, 15) is 0 Å². The van der Waals surface area contributed by atoms with E-state index >= 15 is 0 Å². The molecule has 5 nitrogen and oxygen atoms in total. The summed E-state index contributed by atoms with van der Waals surface area (Å²) in [5.41, 5.74) is 0.916. The van der Waals surface area contributed by atoms with Gasteiger partial charge in [0, 0.05) is 30.4 Å². The van der Waals surface area contributed by atoms with Gasteiger partial charge in [0.25, 0.3) is 5.89 Å². The molecule has 82 valence electrons. The van der Waals surface area contributed by atoms with E-state index in [-0.39, 0.29) is 0 Å². The summed E-state index contributed by atoms with van der Waals surface area (Å²) in [5.74, 6) is 1.76. The lowest BCUT2D eigenvalue weighted by molar-refractivity contribution is 0.417. The third-order valence-electron chi connectivity index (χ3n) is 2.79. The third kappa shape index (κ3) is 1.69. The van der Waals surface area contributed by atoms with Gasteiger partial charge in [-0.15, -0.1) is 0 Å². The average Bonchev–Trinajstić information content (AvgIpc) is 3.01. The van der Waals surface area contributed by atoms with Crippen molar-refractivity contribution in [1.29, 1.82) is 0 Å². The van der Waals surface area contributed by atoms with Crippen LogP contribution in [0.1, 0.15) is 18.2 Å². The van der Waals surface area contributed by atoms with Crippen LogP contribution in [-0.2, 0) is 0 Å². The van der Waals surface area contributed by atoms with Crippen LogP contribution < -0.4 is 5.32 Å². The number of hydrogen-bond donors (Lipinski definition) is 1. The molecule has 0 aromatic carbocycles. The molecule has 1 saturated heterocycles. The van der Waals surface area contributed by atoms with E-state index in [1.807, 2.05) is 12.1 Å². The van der Waals surface area contributed by atoms with Gasteiger partial charge < -0.3 is 9.84 Å². The largest absolute Gasteiger partial charge is 0.334 e. The summed E-state index contributed by atoms with van der Waals surface area (Å²) in [7, 11) is 0. The summed E-state index contributed by atoms with van der Waals surface area (Å²) in [6.07, 6.45) is 4.52. The first-order chi connectivity index (χ1) is 7.93. The monoisotopic (exact) mass is 216 g/mol. The van der Waals surface area contributed by atoms with E-state index in [1.165, 1.54) is 0 Å². The highest BCUT2D eigenvalue weighted by molar-refractivity contribution is 5.51. The van der Waals surface area contributed by atoms with Crippen molar-refractivity contribution in [2.24, 2.45) is 0 Å². The van der Waals surface area contributed by atoms with E-state index in [0.29, 0.717) is 11.8 Å². The smallest absolute Gasteiger partial charge is 0.258 e. The van der Waals surface area contributed by atoms with Crippen molar-refractivity contribution in [1.82, 2.24) is 20.4 Å². The maximum Gasteiger partial charge on any atom is 0.258 e. The Balaban J connectivity index is 1.87. The van der Waals surface area contributed by atoms with Gasteiger partial charge in [-0.1, -0.05) is 5.16 Å². The Bertz CT molecular complexity index is 462. The maximum atomic E-state index is 5.25. The summed E-state index contributed by atoms with van der Waals surface area (Å²) >= 11 is 0. The molecule has 0 bridgehead atoms. The van der Waals surface area contributed by atoms with Crippen LogP contribution in [0.4, 0.5) is 0 Å². The second-order valence-corrected chi connectivity index (χ2v) is 3.88. The fourth-order valence-corrected chi connectivity index (χ4v) is 1.89. The fourth-order valence-electron chi connectivity index (χ4n) is 1.89. The molecule has 0 radical (unpaired) electrons. The average molecular weight is 216 g/mol. The normalized spacial score (nSPS) is 20.1. The molecular formula is C11H12N4O. The van der Waals surface area contributed by atoms with Crippen LogP contribution in [0.2, 0.25) is 0 Å². The molecule has 2 aromatic rings. The molecule has 0 aliphatic carbocycles. The number of aromatic nitrogens is 3. The molecule has 1 N–H and O–H groups in total. The van der Waals surface area contributed by atoms with Gasteiger partial charge in [-0.25, -0.2) is 0 Å². The first-order valence-corrected chi connectivity index (χ1v) is 5.38. The van der Waals surface area contributed by atoms with Crippen molar-refractivity contribution in [2.45, 2.75) is 12.3 Å². The molecule has 0 saturated carbocycles. The highest BCUT2D eigenvalue weighted by Gasteiger charge is 2.22. The zero-order chi connectivity index (χ0) is 10.8. The Morgan fingerprint density at radius 1 is 1.31 bits per heavy atom. The predicted octanol–water partition coefficient (Wildman–Crippen LogP) is 1.21. The van der Waals surface area contributed by atoms with E-state index in [0.717, 1.165) is 30.9 Å². The van der Waals surface area contributed by atoms with E-state index in [2.05, 4.69) is 20.4 Å². The van der Waals surface area contributed by atoms with Gasteiger partial charge in [-0.05, 0) is 25.1 Å². The van der Waals surface area contributed by atoms with Gasteiger partial charge in [0.1, 0.15) is 0 Å². The molecule has 0 amide bonds. The molecule has 3 rings (SSSR count). The van der Waals surface area contributed by atoms with Crippen molar-refractivity contribution in [3.8, 4) is 11.5 Å². The Labute approximate surface area is 92.9 Å². The van der Waals surface area contributed by atoms with Crippen LogP contribution in [0.15, 0.2) is 29.0 Å². The van der Waals surface area contributed by atoms with Crippen LogP contribution in [0.25, 0.3) is 11.5 Å². The molecule has 0 unspecified atom stereocenters. The van der Waals surface area contributed by atoms with E-state index in [4.69, 9.17) is 4.52 Å². The Morgan fingerprint density at radius 2 is 2.19 bits per heavy atom. The standard InChI is InChI=1S/C11H12N4O/c1-4-12-5-2-8(1)11-14-10(15-16-11)9-3-6-13-7-9/h1-2,4-5,9,13H,3,6-7H2/t9-/m1/s1. The minimum atomic E-state index is 0.388. The molecule has 1 aliphatic heterocycles. The van der Waals surface area contributed by atoms with Gasteiger partial charge in [0.2, 0.25) is 0 Å². The molecule has 1 fully saturated rings. The first-order valence-electron chi connectivity index (χ1n) is 5.38. The second-order valence-electron chi connectivity index (χ2n) is 3.88. The second kappa shape index (κ2) is 4.02. The zero-order valence-electron chi connectivity index (χ0n) is 8.76. The summed E-state index contributed by atoms with van der Waals surface area (Å²) in [6, 6.07) is 3.73. The van der Waals surface area contributed by atoms with Crippen molar-refractivity contribution in [3.63, 3.8) is 0 Å². The summed E-state index contributed by atoms with van der Waals surface area (Å²) < 4.78 is 5.25. The van der Waals surface area contributed by atoms with E-state index in [1.54, 1.807) is 12.4 Å². The number of nitrogens with one attached hydrogen (secondary N) is 1. The van der Waals surface area contributed by atoms with Crippen molar-refractivity contribution in [3.05, 3.63) is 30.4 Å². The highest BCUT2D eigenvalue weighted by atomic mass is 16.5. The highest BCUT2D eigenvalue weighted by Crippen LogP contribution is 2.22. The fraction of sp³-hybridized carbons (Fsp3) is 0.364. The number of nitrogens with zero attached hydrogens (tertiary/aromatic N) is 3. The predicted molar refractivity (Wildman–Crippen MR) is 57.8 cm³/mol. The van der Waals surface area contributed by atoms with Crippen molar-refractivity contribution < 1.29 is 4.52 Å². The van der Waals surface area contributed by atoms with Gasteiger partial charge >= 0.3 is 0 Å². The lowest BCUT2D eigenvalue weighted by Crippen LogP contribution is -2.08. The van der Waals surface area contributed by atoms with Crippen molar-refractivity contribution >= 4 is 0 Å². The number of rotatable bonds is 2. The molecular weight excluding hydrogens is 204 g/mol. The SMILES string of the molecule is c1cc(-c2nc([C@@H]3CCNC3)no2)ccn1. The topological polar surface area (TPSA) is 63.8 Å². The van der Waals surface area contributed by atoms with Gasteiger partial charge in [-0.3, -0.25) is 4.98 Å². The number of pyridine rings is 1. The minimum Gasteiger partial charge on any atom is -0.334 e. The summed E-state index contributed by atoms with van der Waals surface area (Å²) in [5, 5.41) is 7.32. The van der Waals surface area contributed by atoms with Crippen LogP contribution in [0, 0.1) is 0 Å².